The largest absolute Gasteiger partial charge is 0.378 e. The van der Waals surface area contributed by atoms with Gasteiger partial charge in [0, 0.05) is 38.3 Å². The van der Waals surface area contributed by atoms with Gasteiger partial charge in [0.15, 0.2) is 0 Å². The Hall–Kier alpha value is -0.160. The van der Waals surface area contributed by atoms with Crippen molar-refractivity contribution in [2.45, 2.75) is 12.1 Å². The molecule has 0 amide bonds. The van der Waals surface area contributed by atoms with Gasteiger partial charge in [-0.05, 0) is 7.05 Å². The van der Waals surface area contributed by atoms with Crippen molar-refractivity contribution in [3.8, 4) is 0 Å². The highest BCUT2D eigenvalue weighted by molar-refractivity contribution is 4.88. The van der Waals surface area contributed by atoms with Crippen LogP contribution >= 0.6 is 0 Å². The quantitative estimate of drug-likeness (QED) is 0.566. The molecule has 0 spiro atoms. The first-order valence-electron chi connectivity index (χ1n) is 5.03. The van der Waals surface area contributed by atoms with Crippen molar-refractivity contribution >= 4 is 0 Å². The van der Waals surface area contributed by atoms with Gasteiger partial charge < -0.3 is 15.4 Å². The molecule has 2 fully saturated rings. The van der Waals surface area contributed by atoms with Crippen molar-refractivity contribution in [1.29, 1.82) is 0 Å². The van der Waals surface area contributed by atoms with Crippen LogP contribution in [0.1, 0.15) is 0 Å². The van der Waals surface area contributed by atoms with Crippen LogP contribution in [-0.2, 0) is 4.74 Å². The first-order chi connectivity index (χ1) is 6.31. The van der Waals surface area contributed by atoms with E-state index in [1.165, 1.54) is 0 Å². The molecule has 76 valence electrons. The van der Waals surface area contributed by atoms with E-state index in [2.05, 4.69) is 16.8 Å². The standard InChI is InChI=1S/C9H19N3O/c1-11-2-3-12-8(4-10)6-13-7-9(12)5-11/h8-9H,2-7,10H2,1H3. The number of fused-ring (bicyclic) bond motifs is 1. The minimum absolute atomic E-state index is 0.451. The van der Waals surface area contributed by atoms with Gasteiger partial charge >= 0.3 is 0 Å². The summed E-state index contributed by atoms with van der Waals surface area (Å²) >= 11 is 0. The number of piperazine rings is 1. The molecule has 0 aromatic carbocycles. The topological polar surface area (TPSA) is 41.7 Å². The molecule has 2 aliphatic heterocycles. The number of hydrogen-bond acceptors (Lipinski definition) is 4. The van der Waals surface area contributed by atoms with Crippen LogP contribution in [0.5, 0.6) is 0 Å². The van der Waals surface area contributed by atoms with E-state index in [4.69, 9.17) is 10.5 Å². The summed E-state index contributed by atoms with van der Waals surface area (Å²) in [7, 11) is 2.17. The Morgan fingerprint density at radius 1 is 1.38 bits per heavy atom. The maximum Gasteiger partial charge on any atom is 0.0635 e. The molecule has 2 aliphatic rings. The molecule has 0 radical (unpaired) electrons. The lowest BCUT2D eigenvalue weighted by atomic mass is 10.1. The third-order valence-corrected chi connectivity index (χ3v) is 3.09. The van der Waals surface area contributed by atoms with Gasteiger partial charge in [-0.1, -0.05) is 0 Å². The highest BCUT2D eigenvalue weighted by Crippen LogP contribution is 2.16. The van der Waals surface area contributed by atoms with E-state index >= 15 is 0 Å². The van der Waals surface area contributed by atoms with Gasteiger partial charge in [0.25, 0.3) is 0 Å². The SMILES string of the molecule is CN1CCN2C(CN)COCC2C1. The zero-order valence-corrected chi connectivity index (χ0v) is 8.28. The van der Waals surface area contributed by atoms with Gasteiger partial charge in [-0.2, -0.15) is 0 Å². The summed E-state index contributed by atoms with van der Waals surface area (Å²) in [6, 6.07) is 1.02. The third-order valence-electron chi connectivity index (χ3n) is 3.09. The maximum absolute atomic E-state index is 5.71. The molecule has 0 bridgehead atoms. The molecule has 2 N–H and O–H groups in total. The van der Waals surface area contributed by atoms with Crippen molar-refractivity contribution in [3.05, 3.63) is 0 Å². The van der Waals surface area contributed by atoms with E-state index in [1.54, 1.807) is 0 Å². The molecule has 0 aliphatic carbocycles. The van der Waals surface area contributed by atoms with Crippen molar-refractivity contribution in [3.63, 3.8) is 0 Å². The Morgan fingerprint density at radius 2 is 2.23 bits per heavy atom. The molecular weight excluding hydrogens is 166 g/mol. The van der Waals surface area contributed by atoms with Crippen LogP contribution in [0.2, 0.25) is 0 Å². The predicted molar refractivity (Wildman–Crippen MR) is 51.7 cm³/mol. The van der Waals surface area contributed by atoms with Crippen LogP contribution in [0.4, 0.5) is 0 Å². The second kappa shape index (κ2) is 3.92. The number of nitrogens with two attached hydrogens (primary N) is 1. The number of ether oxygens (including phenoxy) is 1. The van der Waals surface area contributed by atoms with Crippen LogP contribution in [-0.4, -0.2) is 68.3 Å². The normalized spacial score (nSPS) is 37.4. The molecule has 2 unspecified atom stereocenters. The summed E-state index contributed by atoms with van der Waals surface area (Å²) in [5, 5.41) is 0. The second-order valence-corrected chi connectivity index (χ2v) is 4.08. The Morgan fingerprint density at radius 3 is 3.00 bits per heavy atom. The van der Waals surface area contributed by atoms with Crippen molar-refractivity contribution in [1.82, 2.24) is 9.80 Å². The van der Waals surface area contributed by atoms with E-state index in [0.29, 0.717) is 12.1 Å². The van der Waals surface area contributed by atoms with Crippen LogP contribution in [0.15, 0.2) is 0 Å². The third kappa shape index (κ3) is 1.86. The molecule has 13 heavy (non-hydrogen) atoms. The lowest BCUT2D eigenvalue weighted by Gasteiger charge is -2.46. The summed E-state index contributed by atoms with van der Waals surface area (Å²) in [4.78, 5) is 4.88. The summed E-state index contributed by atoms with van der Waals surface area (Å²) in [6.07, 6.45) is 0. The highest BCUT2D eigenvalue weighted by atomic mass is 16.5. The molecule has 2 heterocycles. The molecule has 4 nitrogen and oxygen atoms in total. The lowest BCUT2D eigenvalue weighted by molar-refractivity contribution is -0.0739. The minimum Gasteiger partial charge on any atom is -0.378 e. The van der Waals surface area contributed by atoms with Gasteiger partial charge in [0.05, 0.1) is 13.2 Å². The maximum atomic E-state index is 5.71. The van der Waals surface area contributed by atoms with Crippen LogP contribution in [0.25, 0.3) is 0 Å². The van der Waals surface area contributed by atoms with E-state index in [1.807, 2.05) is 0 Å². The van der Waals surface area contributed by atoms with Gasteiger partial charge in [-0.15, -0.1) is 0 Å². The molecular formula is C9H19N3O. The van der Waals surface area contributed by atoms with Gasteiger partial charge in [-0.25, -0.2) is 0 Å². The predicted octanol–water partition coefficient (Wildman–Crippen LogP) is -1.04. The van der Waals surface area contributed by atoms with E-state index < -0.39 is 0 Å². The summed E-state index contributed by atoms with van der Waals surface area (Å²) in [5.74, 6) is 0. The van der Waals surface area contributed by atoms with Gasteiger partial charge in [-0.3, -0.25) is 4.90 Å². The molecule has 2 saturated heterocycles. The molecule has 0 aromatic heterocycles. The first-order valence-corrected chi connectivity index (χ1v) is 5.03. The molecule has 0 saturated carbocycles. The molecule has 2 rings (SSSR count). The Labute approximate surface area is 79.6 Å². The monoisotopic (exact) mass is 185 g/mol. The van der Waals surface area contributed by atoms with Crippen molar-refractivity contribution < 1.29 is 4.74 Å². The zero-order chi connectivity index (χ0) is 9.26. The fourth-order valence-electron chi connectivity index (χ4n) is 2.29. The minimum atomic E-state index is 0.451. The average molecular weight is 185 g/mol. The highest BCUT2D eigenvalue weighted by Gasteiger charge is 2.33. The van der Waals surface area contributed by atoms with E-state index in [0.717, 1.165) is 39.4 Å². The summed E-state index contributed by atoms with van der Waals surface area (Å²) in [5.41, 5.74) is 5.71. The number of nitrogens with zero attached hydrogens (tertiary/aromatic N) is 2. The Kier molecular flexibility index (Phi) is 2.83. The molecule has 0 aromatic rings. The fraction of sp³-hybridized carbons (Fsp3) is 1.00. The lowest BCUT2D eigenvalue weighted by Crippen LogP contribution is -2.62. The fourth-order valence-corrected chi connectivity index (χ4v) is 2.29. The number of rotatable bonds is 1. The second-order valence-electron chi connectivity index (χ2n) is 4.08. The van der Waals surface area contributed by atoms with Crippen LogP contribution in [0.3, 0.4) is 0 Å². The first kappa shape index (κ1) is 9.40. The Bertz CT molecular complexity index is 176. The summed E-state index contributed by atoms with van der Waals surface area (Å²) < 4.78 is 5.54. The van der Waals surface area contributed by atoms with Crippen LogP contribution < -0.4 is 5.73 Å². The van der Waals surface area contributed by atoms with Crippen molar-refractivity contribution in [2.24, 2.45) is 5.73 Å². The average Bonchev–Trinajstić information content (AvgIpc) is 2.16. The van der Waals surface area contributed by atoms with Crippen molar-refractivity contribution in [2.75, 3.05) is 46.4 Å². The van der Waals surface area contributed by atoms with Crippen LogP contribution in [0, 0.1) is 0 Å². The molecule has 4 heteroatoms. The van der Waals surface area contributed by atoms with Gasteiger partial charge in [0.1, 0.15) is 0 Å². The zero-order valence-electron chi connectivity index (χ0n) is 8.28. The Balaban J connectivity index is 1.99. The van der Waals surface area contributed by atoms with Gasteiger partial charge in [0.2, 0.25) is 0 Å². The number of likely N-dealkylation sites (N-methyl/N-ethyl adjacent to an activating group) is 1. The number of morpholine rings is 1. The smallest absolute Gasteiger partial charge is 0.0635 e. The number of hydrogen-bond donors (Lipinski definition) is 1. The van der Waals surface area contributed by atoms with E-state index in [9.17, 15) is 0 Å². The molecule has 2 atom stereocenters. The van der Waals surface area contributed by atoms with E-state index in [-0.39, 0.29) is 0 Å². The summed E-state index contributed by atoms with van der Waals surface area (Å²) in [6.45, 7) is 5.84.